The zero-order chi connectivity index (χ0) is 22.7. The first-order valence-corrected chi connectivity index (χ1v) is 10.4. The Labute approximate surface area is 188 Å². The molecular weight excluding hydrogens is 434 g/mol. The molecule has 9 nitrogen and oxygen atoms in total. The Morgan fingerprint density at radius 3 is 2.72 bits per heavy atom. The van der Waals surface area contributed by atoms with Gasteiger partial charge in [0.25, 0.3) is 0 Å². The van der Waals surface area contributed by atoms with E-state index in [0.717, 1.165) is 36.9 Å². The predicted octanol–water partition coefficient (Wildman–Crippen LogP) is 4.51. The van der Waals surface area contributed by atoms with Crippen LogP contribution in [0.25, 0.3) is 17.0 Å². The fraction of sp³-hybridized carbons (Fsp3) is 0.227. The molecule has 0 spiro atoms. The minimum Gasteiger partial charge on any atom is -0.449 e. The summed E-state index contributed by atoms with van der Waals surface area (Å²) < 4.78 is 8.28. The Morgan fingerprint density at radius 2 is 2.03 bits per heavy atom. The summed E-state index contributed by atoms with van der Waals surface area (Å²) in [7, 11) is 0. The fourth-order valence-corrected chi connectivity index (χ4v) is 3.73. The first-order valence-electron chi connectivity index (χ1n) is 10.0. The molecule has 0 fully saturated rings. The number of fused-ring (bicyclic) bond motifs is 1. The normalized spacial score (nSPS) is 11.1. The van der Waals surface area contributed by atoms with E-state index < -0.39 is 6.16 Å². The third kappa shape index (κ3) is 4.19. The number of rotatable bonds is 8. The van der Waals surface area contributed by atoms with E-state index in [2.05, 4.69) is 21.9 Å². The van der Waals surface area contributed by atoms with Gasteiger partial charge in [-0.25, -0.2) is 19.7 Å². The topological polar surface area (TPSA) is 112 Å². The Balaban J connectivity index is 1.67. The van der Waals surface area contributed by atoms with Crippen LogP contribution in [0.1, 0.15) is 41.6 Å². The SMILES string of the molecule is CCCCc1nc(Cl)c(C=O)n1Cc1ccc(-c2nc3ncccn3c2OC(=O)O)cc1. The molecule has 0 saturated carbocycles. The van der Waals surface area contributed by atoms with Gasteiger partial charge >= 0.3 is 6.16 Å². The summed E-state index contributed by atoms with van der Waals surface area (Å²) in [6.45, 7) is 2.52. The van der Waals surface area contributed by atoms with Gasteiger partial charge in [0.05, 0.1) is 0 Å². The van der Waals surface area contributed by atoms with Crippen molar-refractivity contribution in [3.63, 3.8) is 0 Å². The maximum absolute atomic E-state index is 11.6. The van der Waals surface area contributed by atoms with Crippen LogP contribution in [0.15, 0.2) is 42.7 Å². The molecule has 32 heavy (non-hydrogen) atoms. The first kappa shape index (κ1) is 21.5. The molecule has 3 heterocycles. The Kier molecular flexibility index (Phi) is 6.18. The zero-order valence-electron chi connectivity index (χ0n) is 17.2. The number of halogens is 1. The lowest BCUT2D eigenvalue weighted by Crippen LogP contribution is -2.09. The van der Waals surface area contributed by atoms with E-state index >= 15 is 0 Å². The molecule has 4 aromatic rings. The molecule has 0 aliphatic carbocycles. The number of benzene rings is 1. The number of ether oxygens (including phenoxy) is 1. The van der Waals surface area contributed by atoms with Gasteiger partial charge in [-0.15, -0.1) is 0 Å². The van der Waals surface area contributed by atoms with Crippen LogP contribution in [0.2, 0.25) is 5.15 Å². The molecule has 3 aromatic heterocycles. The number of carbonyl (C=O) groups is 2. The quantitative estimate of drug-likeness (QED) is 0.308. The Hall–Kier alpha value is -3.72. The van der Waals surface area contributed by atoms with Crippen LogP contribution >= 0.6 is 11.6 Å². The minimum atomic E-state index is -1.44. The van der Waals surface area contributed by atoms with Crippen LogP contribution in [-0.2, 0) is 13.0 Å². The summed E-state index contributed by atoms with van der Waals surface area (Å²) in [5.41, 5.74) is 2.30. The van der Waals surface area contributed by atoms with Crippen LogP contribution in [0.3, 0.4) is 0 Å². The number of aldehydes is 1. The van der Waals surface area contributed by atoms with E-state index in [0.29, 0.717) is 29.3 Å². The van der Waals surface area contributed by atoms with Gasteiger partial charge in [0, 0.05) is 30.9 Å². The van der Waals surface area contributed by atoms with Gasteiger partial charge in [-0.2, -0.15) is 0 Å². The highest BCUT2D eigenvalue weighted by molar-refractivity contribution is 6.31. The largest absolute Gasteiger partial charge is 0.512 e. The van der Waals surface area contributed by atoms with E-state index in [1.54, 1.807) is 18.5 Å². The summed E-state index contributed by atoms with van der Waals surface area (Å²) in [6, 6.07) is 9.05. The molecule has 0 atom stereocenters. The van der Waals surface area contributed by atoms with Crippen molar-refractivity contribution < 1.29 is 19.4 Å². The lowest BCUT2D eigenvalue weighted by molar-refractivity contribution is 0.111. The van der Waals surface area contributed by atoms with E-state index in [4.69, 9.17) is 21.4 Å². The van der Waals surface area contributed by atoms with Crippen molar-refractivity contribution in [1.82, 2.24) is 23.9 Å². The van der Waals surface area contributed by atoms with Gasteiger partial charge in [0.1, 0.15) is 17.2 Å². The Morgan fingerprint density at radius 1 is 1.25 bits per heavy atom. The van der Waals surface area contributed by atoms with E-state index in [1.165, 1.54) is 4.40 Å². The maximum atomic E-state index is 11.6. The van der Waals surface area contributed by atoms with E-state index in [1.807, 2.05) is 28.8 Å². The fourth-order valence-electron chi connectivity index (χ4n) is 3.48. The van der Waals surface area contributed by atoms with Crippen molar-refractivity contribution >= 4 is 29.8 Å². The first-order chi connectivity index (χ1) is 15.5. The van der Waals surface area contributed by atoms with Crippen molar-refractivity contribution in [2.75, 3.05) is 0 Å². The van der Waals surface area contributed by atoms with Gasteiger partial charge in [0.15, 0.2) is 11.4 Å². The van der Waals surface area contributed by atoms with Gasteiger partial charge in [0.2, 0.25) is 11.7 Å². The lowest BCUT2D eigenvalue weighted by Gasteiger charge is -2.10. The predicted molar refractivity (Wildman–Crippen MR) is 117 cm³/mol. The molecule has 0 bridgehead atoms. The van der Waals surface area contributed by atoms with Crippen molar-refractivity contribution in [1.29, 1.82) is 0 Å². The van der Waals surface area contributed by atoms with Crippen LogP contribution in [0.5, 0.6) is 5.88 Å². The highest BCUT2D eigenvalue weighted by atomic mass is 35.5. The van der Waals surface area contributed by atoms with Gasteiger partial charge < -0.3 is 14.4 Å². The number of hydrogen-bond donors (Lipinski definition) is 1. The Bertz CT molecular complexity index is 1280. The number of unbranched alkanes of at least 4 members (excludes halogenated alkanes) is 1. The molecule has 0 aliphatic heterocycles. The second kappa shape index (κ2) is 9.19. The number of hydrogen-bond acceptors (Lipinski definition) is 6. The molecule has 1 N–H and O–H groups in total. The van der Waals surface area contributed by atoms with Crippen LogP contribution < -0.4 is 4.74 Å². The van der Waals surface area contributed by atoms with Crippen molar-refractivity contribution in [2.45, 2.75) is 32.7 Å². The van der Waals surface area contributed by atoms with Crippen molar-refractivity contribution in [3.05, 3.63) is 65.0 Å². The van der Waals surface area contributed by atoms with Crippen LogP contribution in [0, 0.1) is 0 Å². The monoisotopic (exact) mass is 453 g/mol. The third-order valence-corrected chi connectivity index (χ3v) is 5.30. The second-order valence-corrected chi connectivity index (χ2v) is 7.49. The lowest BCUT2D eigenvalue weighted by atomic mass is 10.1. The average molecular weight is 454 g/mol. The smallest absolute Gasteiger partial charge is 0.449 e. The van der Waals surface area contributed by atoms with Crippen LogP contribution in [0.4, 0.5) is 4.79 Å². The average Bonchev–Trinajstić information content (AvgIpc) is 3.29. The van der Waals surface area contributed by atoms with E-state index in [9.17, 15) is 9.59 Å². The molecule has 0 unspecified atom stereocenters. The number of carboxylic acid groups (broad SMARTS) is 1. The minimum absolute atomic E-state index is 0.0693. The maximum Gasteiger partial charge on any atom is 0.512 e. The molecule has 164 valence electrons. The van der Waals surface area contributed by atoms with Gasteiger partial charge in [-0.1, -0.05) is 49.2 Å². The molecule has 0 amide bonds. The molecule has 1 aromatic carbocycles. The second-order valence-electron chi connectivity index (χ2n) is 7.13. The molecule has 0 radical (unpaired) electrons. The standard InChI is InChI=1S/C22H20ClN5O4/c1-2-3-5-17-25-19(23)16(13-29)28(17)12-14-6-8-15(9-7-14)18-20(32-22(30)31)27-11-4-10-24-21(27)26-18/h4,6-11,13H,2-3,5,12H2,1H3,(H,30,31). The highest BCUT2D eigenvalue weighted by Crippen LogP contribution is 2.30. The van der Waals surface area contributed by atoms with Crippen molar-refractivity contribution in [2.24, 2.45) is 0 Å². The number of aryl methyl sites for hydroxylation is 1. The van der Waals surface area contributed by atoms with Gasteiger partial charge in [-0.05, 0) is 18.1 Å². The summed E-state index contributed by atoms with van der Waals surface area (Å²) in [4.78, 5) is 35.6. The third-order valence-electron chi connectivity index (χ3n) is 5.02. The summed E-state index contributed by atoms with van der Waals surface area (Å²) >= 11 is 6.16. The molecule has 10 heteroatoms. The molecule has 0 aliphatic rings. The van der Waals surface area contributed by atoms with E-state index in [-0.39, 0.29) is 11.0 Å². The van der Waals surface area contributed by atoms with Crippen LogP contribution in [-0.4, -0.2) is 41.5 Å². The summed E-state index contributed by atoms with van der Waals surface area (Å²) in [5, 5.41) is 9.34. The summed E-state index contributed by atoms with van der Waals surface area (Å²) in [5.74, 6) is 1.17. The molecular formula is C22H20ClN5O4. The van der Waals surface area contributed by atoms with Gasteiger partial charge in [-0.3, -0.25) is 9.20 Å². The molecule has 4 rings (SSSR count). The number of aromatic nitrogens is 5. The highest BCUT2D eigenvalue weighted by Gasteiger charge is 2.19. The number of imidazole rings is 2. The van der Waals surface area contributed by atoms with Crippen molar-refractivity contribution in [3.8, 4) is 17.1 Å². The number of nitrogens with zero attached hydrogens (tertiary/aromatic N) is 5. The number of carbonyl (C=O) groups excluding carboxylic acids is 1. The summed E-state index contributed by atoms with van der Waals surface area (Å²) in [6.07, 6.45) is 5.16. The molecule has 0 saturated heterocycles. The zero-order valence-corrected chi connectivity index (χ0v) is 18.0.